The summed E-state index contributed by atoms with van der Waals surface area (Å²) >= 11 is 0. The maximum atomic E-state index is 12.4. The van der Waals surface area contributed by atoms with Gasteiger partial charge in [0.2, 0.25) is 0 Å². The van der Waals surface area contributed by atoms with E-state index >= 15 is 0 Å². The Bertz CT molecular complexity index is 648. The van der Waals surface area contributed by atoms with Crippen molar-refractivity contribution in [3.63, 3.8) is 0 Å². The molecule has 118 valence electrons. The fourth-order valence-electron chi connectivity index (χ4n) is 1.67. The predicted molar refractivity (Wildman–Crippen MR) is 72.1 cm³/mol. The molecular formula is C13H14F3N5O. The summed E-state index contributed by atoms with van der Waals surface area (Å²) in [5, 5.41) is 7.50. The van der Waals surface area contributed by atoms with E-state index in [1.807, 2.05) is 13.8 Å². The van der Waals surface area contributed by atoms with Crippen molar-refractivity contribution in [2.45, 2.75) is 26.4 Å². The molecular weight excluding hydrogens is 299 g/mol. The van der Waals surface area contributed by atoms with Crippen molar-refractivity contribution in [3.8, 4) is 0 Å². The number of H-pyrrole nitrogens is 1. The number of halogens is 3. The van der Waals surface area contributed by atoms with Crippen LogP contribution < -0.4 is 5.32 Å². The van der Waals surface area contributed by atoms with E-state index in [4.69, 9.17) is 0 Å². The van der Waals surface area contributed by atoms with Crippen LogP contribution in [0.2, 0.25) is 0 Å². The number of rotatable bonds is 4. The number of alkyl halides is 3. The van der Waals surface area contributed by atoms with Crippen LogP contribution in [0.3, 0.4) is 0 Å². The van der Waals surface area contributed by atoms with E-state index in [1.54, 1.807) is 5.10 Å². The summed E-state index contributed by atoms with van der Waals surface area (Å²) in [6.45, 7) is 4.05. The van der Waals surface area contributed by atoms with E-state index in [0.29, 0.717) is 24.2 Å². The van der Waals surface area contributed by atoms with Gasteiger partial charge in [-0.25, -0.2) is 9.97 Å². The number of nitrogens with one attached hydrogen (secondary N) is 2. The number of aromatic nitrogens is 4. The van der Waals surface area contributed by atoms with Gasteiger partial charge >= 0.3 is 6.18 Å². The lowest BCUT2D eigenvalue weighted by Crippen LogP contribution is -2.13. The number of carbonyl (C=O) groups excluding carboxylic acids is 1. The molecule has 0 saturated heterocycles. The van der Waals surface area contributed by atoms with E-state index < -0.39 is 17.8 Å². The van der Waals surface area contributed by atoms with Gasteiger partial charge in [0.15, 0.2) is 5.69 Å². The third kappa shape index (κ3) is 4.03. The Balaban J connectivity index is 2.04. The van der Waals surface area contributed by atoms with E-state index in [2.05, 4.69) is 20.4 Å². The lowest BCUT2D eigenvalue weighted by atomic mass is 10.1. The molecule has 2 N–H and O–H groups in total. The third-order valence-corrected chi connectivity index (χ3v) is 2.67. The average molecular weight is 313 g/mol. The summed E-state index contributed by atoms with van der Waals surface area (Å²) in [5.74, 6) is 0.254. The lowest BCUT2D eigenvalue weighted by Gasteiger charge is -2.05. The average Bonchev–Trinajstić information content (AvgIpc) is 2.90. The van der Waals surface area contributed by atoms with Gasteiger partial charge in [-0.05, 0) is 5.92 Å². The van der Waals surface area contributed by atoms with Crippen molar-refractivity contribution in [1.82, 2.24) is 20.2 Å². The molecule has 0 aliphatic rings. The molecule has 0 aliphatic heterocycles. The third-order valence-electron chi connectivity index (χ3n) is 2.67. The van der Waals surface area contributed by atoms with Gasteiger partial charge in [-0.2, -0.15) is 18.3 Å². The van der Waals surface area contributed by atoms with Crippen LogP contribution >= 0.6 is 0 Å². The van der Waals surface area contributed by atoms with E-state index in [1.165, 1.54) is 12.4 Å². The normalized spacial score (nSPS) is 11.7. The molecule has 2 rings (SSSR count). The molecule has 0 radical (unpaired) electrons. The maximum Gasteiger partial charge on any atom is 0.432 e. The van der Waals surface area contributed by atoms with Gasteiger partial charge in [0, 0.05) is 12.5 Å². The van der Waals surface area contributed by atoms with Crippen LogP contribution in [0.4, 0.5) is 18.9 Å². The molecule has 2 aromatic rings. The molecule has 0 spiro atoms. The Morgan fingerprint density at radius 1 is 1.32 bits per heavy atom. The van der Waals surface area contributed by atoms with Crippen LogP contribution in [0, 0.1) is 5.92 Å². The first-order valence-corrected chi connectivity index (χ1v) is 6.50. The molecule has 0 atom stereocenters. The number of aromatic amines is 1. The minimum Gasteiger partial charge on any atom is -0.318 e. The number of hydrogen-bond donors (Lipinski definition) is 2. The molecule has 0 saturated carbocycles. The van der Waals surface area contributed by atoms with Gasteiger partial charge in [0.05, 0.1) is 18.1 Å². The predicted octanol–water partition coefficient (Wildman–Crippen LogP) is 2.67. The van der Waals surface area contributed by atoms with Gasteiger partial charge in [-0.3, -0.25) is 9.89 Å². The number of nitrogens with zero attached hydrogens (tertiary/aromatic N) is 3. The molecule has 0 fully saturated rings. The molecule has 2 aromatic heterocycles. The first-order chi connectivity index (χ1) is 10.3. The monoisotopic (exact) mass is 313 g/mol. The molecule has 9 heteroatoms. The Labute approximate surface area is 124 Å². The first-order valence-electron chi connectivity index (χ1n) is 6.50. The molecule has 1 amide bonds. The van der Waals surface area contributed by atoms with Crippen molar-refractivity contribution < 1.29 is 18.0 Å². The lowest BCUT2D eigenvalue weighted by molar-refractivity contribution is -0.141. The molecule has 0 aromatic carbocycles. The smallest absolute Gasteiger partial charge is 0.318 e. The second-order valence-electron chi connectivity index (χ2n) is 5.10. The standard InChI is InChI=1S/C13H14F3N5O/c1-7(2)3-11-17-5-8(6-18-11)19-12(22)9-4-10(21-20-9)13(14,15)16/h4-7H,3H2,1-2H3,(H,19,22)(H,20,21). The number of hydrogen-bond acceptors (Lipinski definition) is 4. The molecule has 2 heterocycles. The summed E-state index contributed by atoms with van der Waals surface area (Å²) < 4.78 is 37.3. The van der Waals surface area contributed by atoms with E-state index in [9.17, 15) is 18.0 Å². The fraction of sp³-hybridized carbons (Fsp3) is 0.385. The van der Waals surface area contributed by atoms with Crippen LogP contribution in [0.15, 0.2) is 18.5 Å². The largest absolute Gasteiger partial charge is 0.432 e. The Kier molecular flexibility index (Phi) is 4.43. The second kappa shape index (κ2) is 6.12. The van der Waals surface area contributed by atoms with E-state index in [-0.39, 0.29) is 11.4 Å². The van der Waals surface area contributed by atoms with E-state index in [0.717, 1.165) is 0 Å². The minimum absolute atomic E-state index is 0.286. The van der Waals surface area contributed by atoms with Crippen molar-refractivity contribution in [3.05, 3.63) is 35.7 Å². The molecule has 0 aliphatic carbocycles. The highest BCUT2D eigenvalue weighted by Crippen LogP contribution is 2.27. The fourth-order valence-corrected chi connectivity index (χ4v) is 1.67. The van der Waals surface area contributed by atoms with Gasteiger partial charge < -0.3 is 5.32 Å². The summed E-state index contributed by atoms with van der Waals surface area (Å²) in [5.41, 5.74) is -1.16. The summed E-state index contributed by atoms with van der Waals surface area (Å²) in [6.07, 6.45) is -1.07. The van der Waals surface area contributed by atoms with Crippen LogP contribution in [0.25, 0.3) is 0 Å². The van der Waals surface area contributed by atoms with Crippen LogP contribution in [-0.2, 0) is 12.6 Å². The van der Waals surface area contributed by atoms with Gasteiger partial charge in [-0.15, -0.1) is 0 Å². The SMILES string of the molecule is CC(C)Cc1ncc(NC(=O)c2cc(C(F)(F)F)[nH]n2)cn1. The van der Waals surface area contributed by atoms with Gasteiger partial charge in [-0.1, -0.05) is 13.8 Å². The van der Waals surface area contributed by atoms with Gasteiger partial charge in [0.25, 0.3) is 5.91 Å². The van der Waals surface area contributed by atoms with Crippen molar-refractivity contribution >= 4 is 11.6 Å². The minimum atomic E-state index is -4.58. The molecule has 22 heavy (non-hydrogen) atoms. The summed E-state index contributed by atoms with van der Waals surface area (Å²) in [4.78, 5) is 20.0. The molecule has 0 bridgehead atoms. The Morgan fingerprint density at radius 2 is 1.95 bits per heavy atom. The highest BCUT2D eigenvalue weighted by molar-refractivity contribution is 6.02. The van der Waals surface area contributed by atoms with Crippen molar-refractivity contribution in [1.29, 1.82) is 0 Å². The van der Waals surface area contributed by atoms with Gasteiger partial charge in [0.1, 0.15) is 11.5 Å². The van der Waals surface area contributed by atoms with Crippen LogP contribution in [-0.4, -0.2) is 26.1 Å². The maximum absolute atomic E-state index is 12.4. The van der Waals surface area contributed by atoms with Crippen molar-refractivity contribution in [2.24, 2.45) is 5.92 Å². The zero-order valence-corrected chi connectivity index (χ0v) is 11.9. The Morgan fingerprint density at radius 3 is 2.45 bits per heavy atom. The second-order valence-corrected chi connectivity index (χ2v) is 5.10. The number of amides is 1. The topological polar surface area (TPSA) is 83.6 Å². The first kappa shape index (κ1) is 15.9. The van der Waals surface area contributed by atoms with Crippen LogP contribution in [0.1, 0.15) is 35.9 Å². The summed E-state index contributed by atoms with van der Waals surface area (Å²) in [7, 11) is 0. The molecule has 6 nitrogen and oxygen atoms in total. The zero-order valence-electron chi connectivity index (χ0n) is 11.9. The highest BCUT2D eigenvalue weighted by Gasteiger charge is 2.33. The van der Waals surface area contributed by atoms with Crippen LogP contribution in [0.5, 0.6) is 0 Å². The quantitative estimate of drug-likeness (QED) is 0.909. The zero-order chi connectivity index (χ0) is 16.3. The Hall–Kier alpha value is -2.45. The number of anilines is 1. The highest BCUT2D eigenvalue weighted by atomic mass is 19.4. The summed E-state index contributed by atoms with van der Waals surface area (Å²) in [6, 6.07) is 0.642. The molecule has 0 unspecified atom stereocenters. The van der Waals surface area contributed by atoms with Crippen molar-refractivity contribution in [2.75, 3.05) is 5.32 Å². The number of carbonyl (C=O) groups is 1.